The number of hydrogen-bond donors (Lipinski definition) is 2. The number of carbonyl (C=O) groups excluding carboxylic acids is 1. The molecule has 0 saturated heterocycles. The van der Waals surface area contributed by atoms with Crippen LogP contribution in [-0.4, -0.2) is 16.7 Å². The standard InChI is InChI=1S/C20H23FN2O2/c1-5-17(16-12-15(21)10-11-18(16)24)22-23-19(25)13-6-8-14(9-7-13)20(2,3)4/h6-12,24H,5H2,1-4H3,(H,23,25). The Morgan fingerprint density at radius 2 is 1.80 bits per heavy atom. The van der Waals surface area contributed by atoms with Gasteiger partial charge in [-0.15, -0.1) is 0 Å². The topological polar surface area (TPSA) is 61.7 Å². The molecule has 0 radical (unpaired) electrons. The third kappa shape index (κ3) is 4.66. The van der Waals surface area contributed by atoms with E-state index in [2.05, 4.69) is 31.3 Å². The number of hydrazone groups is 1. The van der Waals surface area contributed by atoms with E-state index in [0.717, 1.165) is 5.56 Å². The quantitative estimate of drug-likeness (QED) is 0.640. The fourth-order valence-electron chi connectivity index (χ4n) is 2.37. The number of hydrogen-bond acceptors (Lipinski definition) is 3. The van der Waals surface area contributed by atoms with Gasteiger partial charge in [0.05, 0.1) is 5.71 Å². The number of nitrogens with zero attached hydrogens (tertiary/aromatic N) is 1. The molecule has 4 nitrogen and oxygen atoms in total. The van der Waals surface area contributed by atoms with Gasteiger partial charge >= 0.3 is 0 Å². The number of rotatable bonds is 4. The van der Waals surface area contributed by atoms with Gasteiger partial charge in [-0.1, -0.05) is 39.8 Å². The molecule has 0 atom stereocenters. The number of carbonyl (C=O) groups is 1. The molecule has 0 aliphatic carbocycles. The fourth-order valence-corrected chi connectivity index (χ4v) is 2.37. The predicted octanol–water partition coefficient (Wildman–Crippen LogP) is 4.37. The lowest BCUT2D eigenvalue weighted by Crippen LogP contribution is -2.20. The molecule has 0 aromatic heterocycles. The largest absolute Gasteiger partial charge is 0.507 e. The maximum absolute atomic E-state index is 13.4. The molecule has 2 N–H and O–H groups in total. The van der Waals surface area contributed by atoms with E-state index in [-0.39, 0.29) is 22.6 Å². The van der Waals surface area contributed by atoms with Gasteiger partial charge in [0.2, 0.25) is 0 Å². The Bertz CT molecular complexity index is 790. The van der Waals surface area contributed by atoms with Gasteiger partial charge in [0, 0.05) is 11.1 Å². The van der Waals surface area contributed by atoms with Gasteiger partial charge < -0.3 is 5.11 Å². The molecule has 0 heterocycles. The van der Waals surface area contributed by atoms with Crippen LogP contribution in [0.25, 0.3) is 0 Å². The van der Waals surface area contributed by atoms with Gasteiger partial charge in [0.1, 0.15) is 11.6 Å². The Labute approximate surface area is 147 Å². The van der Waals surface area contributed by atoms with E-state index >= 15 is 0 Å². The third-order valence-electron chi connectivity index (χ3n) is 3.91. The second-order valence-electron chi connectivity index (χ2n) is 6.84. The first-order chi connectivity index (χ1) is 11.7. The summed E-state index contributed by atoms with van der Waals surface area (Å²) >= 11 is 0. The Balaban J connectivity index is 2.18. The van der Waals surface area contributed by atoms with Crippen LogP contribution in [0.2, 0.25) is 0 Å². The molecule has 0 saturated carbocycles. The van der Waals surface area contributed by atoms with Crippen molar-refractivity contribution < 1.29 is 14.3 Å². The number of phenolic OH excluding ortho intramolecular Hbond substituents is 1. The molecule has 0 bridgehead atoms. The number of phenols is 1. The zero-order valence-electron chi connectivity index (χ0n) is 14.9. The van der Waals surface area contributed by atoms with Crippen LogP contribution >= 0.6 is 0 Å². The third-order valence-corrected chi connectivity index (χ3v) is 3.91. The highest BCUT2D eigenvalue weighted by atomic mass is 19.1. The van der Waals surface area contributed by atoms with Crippen LogP contribution in [-0.2, 0) is 5.41 Å². The van der Waals surface area contributed by atoms with Crippen LogP contribution in [0.4, 0.5) is 4.39 Å². The molecule has 2 rings (SSSR count). The van der Waals surface area contributed by atoms with Gasteiger partial charge in [-0.3, -0.25) is 4.79 Å². The minimum absolute atomic E-state index is 0.0114. The van der Waals surface area contributed by atoms with Crippen LogP contribution in [0, 0.1) is 5.82 Å². The summed E-state index contributed by atoms with van der Waals surface area (Å²) in [5.41, 5.74) is 4.76. The van der Waals surface area contributed by atoms with Crippen LogP contribution in [0.15, 0.2) is 47.6 Å². The fraction of sp³-hybridized carbons (Fsp3) is 0.300. The van der Waals surface area contributed by atoms with Crippen molar-refractivity contribution in [3.05, 3.63) is 65.0 Å². The summed E-state index contributed by atoms with van der Waals surface area (Å²) in [7, 11) is 0. The van der Waals surface area contributed by atoms with Crippen molar-refractivity contribution >= 4 is 11.6 Å². The molecule has 0 unspecified atom stereocenters. The number of benzene rings is 2. The van der Waals surface area contributed by atoms with Gasteiger partial charge in [0.25, 0.3) is 5.91 Å². The first kappa shape index (κ1) is 18.6. The minimum Gasteiger partial charge on any atom is -0.507 e. The van der Waals surface area contributed by atoms with E-state index in [9.17, 15) is 14.3 Å². The average molecular weight is 342 g/mol. The highest BCUT2D eigenvalue weighted by molar-refractivity contribution is 6.04. The van der Waals surface area contributed by atoms with Crippen molar-refractivity contribution in [1.29, 1.82) is 0 Å². The van der Waals surface area contributed by atoms with Gasteiger partial charge in [-0.05, 0) is 47.7 Å². The van der Waals surface area contributed by atoms with E-state index < -0.39 is 5.82 Å². The summed E-state index contributed by atoms with van der Waals surface area (Å²) in [6, 6.07) is 11.0. The Morgan fingerprint density at radius 3 is 2.36 bits per heavy atom. The molecule has 25 heavy (non-hydrogen) atoms. The van der Waals surface area contributed by atoms with Gasteiger partial charge in [0.15, 0.2) is 0 Å². The van der Waals surface area contributed by atoms with Gasteiger partial charge in [-0.2, -0.15) is 5.10 Å². The first-order valence-corrected chi connectivity index (χ1v) is 8.18. The summed E-state index contributed by atoms with van der Waals surface area (Å²) in [6.45, 7) is 8.12. The number of nitrogens with one attached hydrogen (secondary N) is 1. The lowest BCUT2D eigenvalue weighted by atomic mass is 9.87. The second kappa shape index (κ2) is 7.47. The molecular weight excluding hydrogens is 319 g/mol. The maximum atomic E-state index is 13.4. The molecule has 1 amide bonds. The predicted molar refractivity (Wildman–Crippen MR) is 97.5 cm³/mol. The summed E-state index contributed by atoms with van der Waals surface area (Å²) < 4.78 is 13.4. The number of amides is 1. The molecule has 0 fully saturated rings. The molecular formula is C20H23FN2O2. The van der Waals surface area contributed by atoms with Crippen LogP contribution < -0.4 is 5.43 Å². The minimum atomic E-state index is -0.474. The zero-order valence-corrected chi connectivity index (χ0v) is 14.9. The molecule has 2 aromatic carbocycles. The smallest absolute Gasteiger partial charge is 0.271 e. The van der Waals surface area contributed by atoms with Gasteiger partial charge in [-0.25, -0.2) is 9.82 Å². The number of halogens is 1. The first-order valence-electron chi connectivity index (χ1n) is 8.18. The zero-order chi connectivity index (χ0) is 18.6. The molecule has 0 aliphatic rings. The van der Waals surface area contributed by atoms with E-state index in [4.69, 9.17) is 0 Å². The van der Waals surface area contributed by atoms with E-state index in [1.54, 1.807) is 12.1 Å². The Morgan fingerprint density at radius 1 is 1.16 bits per heavy atom. The molecule has 0 spiro atoms. The van der Waals surface area contributed by atoms with Crippen molar-refractivity contribution in [3.63, 3.8) is 0 Å². The van der Waals surface area contributed by atoms with Crippen molar-refractivity contribution in [1.82, 2.24) is 5.43 Å². The van der Waals surface area contributed by atoms with E-state index in [1.807, 2.05) is 19.1 Å². The lowest BCUT2D eigenvalue weighted by Gasteiger charge is -2.18. The maximum Gasteiger partial charge on any atom is 0.271 e. The Hall–Kier alpha value is -2.69. The van der Waals surface area contributed by atoms with Crippen molar-refractivity contribution in [2.45, 2.75) is 39.5 Å². The summed E-state index contributed by atoms with van der Waals surface area (Å²) in [5.74, 6) is -0.911. The highest BCUT2D eigenvalue weighted by Gasteiger charge is 2.14. The van der Waals surface area contributed by atoms with Crippen molar-refractivity contribution in [3.8, 4) is 5.75 Å². The lowest BCUT2D eigenvalue weighted by molar-refractivity contribution is 0.0954. The summed E-state index contributed by atoms with van der Waals surface area (Å²) in [6.07, 6.45) is 0.431. The van der Waals surface area contributed by atoms with Crippen LogP contribution in [0.1, 0.15) is 55.6 Å². The summed E-state index contributed by atoms with van der Waals surface area (Å²) in [4.78, 5) is 12.3. The van der Waals surface area contributed by atoms with Crippen molar-refractivity contribution in [2.75, 3.05) is 0 Å². The Kier molecular flexibility index (Phi) is 5.57. The monoisotopic (exact) mass is 342 g/mol. The average Bonchev–Trinajstić information content (AvgIpc) is 2.57. The number of aromatic hydroxyl groups is 1. The van der Waals surface area contributed by atoms with E-state index in [1.165, 1.54) is 18.2 Å². The van der Waals surface area contributed by atoms with E-state index in [0.29, 0.717) is 17.7 Å². The normalized spacial score (nSPS) is 12.1. The van der Waals surface area contributed by atoms with Crippen LogP contribution in [0.5, 0.6) is 5.75 Å². The van der Waals surface area contributed by atoms with Crippen molar-refractivity contribution in [2.24, 2.45) is 5.10 Å². The molecule has 2 aromatic rings. The molecule has 0 aliphatic heterocycles. The molecule has 5 heteroatoms. The SMILES string of the molecule is CCC(=NNC(=O)c1ccc(C(C)(C)C)cc1)c1cc(F)ccc1O. The summed E-state index contributed by atoms with van der Waals surface area (Å²) in [5, 5.41) is 13.9. The second-order valence-corrected chi connectivity index (χ2v) is 6.84. The highest BCUT2D eigenvalue weighted by Crippen LogP contribution is 2.22. The van der Waals surface area contributed by atoms with Crippen LogP contribution in [0.3, 0.4) is 0 Å². The molecule has 132 valence electrons.